The van der Waals surface area contributed by atoms with Gasteiger partial charge in [0.2, 0.25) is 5.91 Å². The van der Waals surface area contributed by atoms with Crippen LogP contribution in [0.5, 0.6) is 0 Å². The van der Waals surface area contributed by atoms with E-state index in [2.05, 4.69) is 21.2 Å². The van der Waals surface area contributed by atoms with E-state index in [1.165, 1.54) is 30.8 Å². The van der Waals surface area contributed by atoms with Crippen molar-refractivity contribution < 1.29 is 14.0 Å². The summed E-state index contributed by atoms with van der Waals surface area (Å²) in [6.45, 7) is 1.48. The second-order valence-electron chi connectivity index (χ2n) is 4.91. The number of carbonyl (C=O) groups excluding carboxylic acids is 2. The molecule has 2 aromatic carbocycles. The van der Waals surface area contributed by atoms with E-state index in [0.29, 0.717) is 21.5 Å². The summed E-state index contributed by atoms with van der Waals surface area (Å²) in [5.74, 6) is 0.384. The van der Waals surface area contributed by atoms with Crippen LogP contribution in [0.25, 0.3) is 0 Å². The molecule has 1 amide bonds. The Morgan fingerprint density at radius 3 is 2.70 bits per heavy atom. The first kappa shape index (κ1) is 17.7. The predicted molar refractivity (Wildman–Crippen MR) is 95.3 cm³/mol. The van der Waals surface area contributed by atoms with Gasteiger partial charge in [-0.1, -0.05) is 34.1 Å². The number of halogens is 2. The zero-order valence-corrected chi connectivity index (χ0v) is 14.8. The predicted octanol–water partition coefficient (Wildman–Crippen LogP) is 4.66. The van der Waals surface area contributed by atoms with Crippen LogP contribution < -0.4 is 5.32 Å². The number of rotatable bonds is 6. The topological polar surface area (TPSA) is 46.2 Å². The van der Waals surface area contributed by atoms with Crippen LogP contribution in [0.2, 0.25) is 0 Å². The molecule has 0 atom stereocenters. The van der Waals surface area contributed by atoms with E-state index in [1.54, 1.807) is 30.3 Å². The van der Waals surface area contributed by atoms with Crippen LogP contribution in [0.4, 0.5) is 10.1 Å². The van der Waals surface area contributed by atoms with Crippen LogP contribution in [0.3, 0.4) is 0 Å². The average Bonchev–Trinajstić information content (AvgIpc) is 2.49. The van der Waals surface area contributed by atoms with Crippen molar-refractivity contribution in [2.75, 3.05) is 11.1 Å². The zero-order valence-electron chi connectivity index (χ0n) is 12.4. The van der Waals surface area contributed by atoms with E-state index in [4.69, 9.17) is 0 Å². The molecule has 0 aliphatic heterocycles. The quantitative estimate of drug-likeness (QED) is 0.723. The lowest BCUT2D eigenvalue weighted by Crippen LogP contribution is -2.14. The Morgan fingerprint density at radius 1 is 1.22 bits per heavy atom. The van der Waals surface area contributed by atoms with Gasteiger partial charge in [0.25, 0.3) is 0 Å². The molecule has 0 aliphatic rings. The standard InChI is InChI=1S/C17H15BrFNO2S/c1-11(21)12-3-2-4-15(7-12)20-17(22)10-23-9-13-5-6-14(19)8-16(13)18/h2-8H,9-10H2,1H3,(H,20,22). The molecule has 0 radical (unpaired) electrons. The van der Waals surface area contributed by atoms with Gasteiger partial charge < -0.3 is 5.32 Å². The number of carbonyl (C=O) groups is 2. The van der Waals surface area contributed by atoms with E-state index in [1.807, 2.05) is 0 Å². The van der Waals surface area contributed by atoms with Crippen LogP contribution in [-0.4, -0.2) is 17.4 Å². The van der Waals surface area contributed by atoms with Crippen LogP contribution in [0.1, 0.15) is 22.8 Å². The molecule has 0 saturated carbocycles. The fourth-order valence-corrected chi connectivity index (χ4v) is 3.41. The average molecular weight is 396 g/mol. The smallest absolute Gasteiger partial charge is 0.234 e. The van der Waals surface area contributed by atoms with Gasteiger partial charge in [0.1, 0.15) is 5.82 Å². The highest BCUT2D eigenvalue weighted by Gasteiger charge is 2.07. The summed E-state index contributed by atoms with van der Waals surface area (Å²) in [7, 11) is 0. The number of ketones is 1. The molecule has 0 unspecified atom stereocenters. The third kappa shape index (κ3) is 5.48. The summed E-state index contributed by atoms with van der Waals surface area (Å²) < 4.78 is 13.7. The lowest BCUT2D eigenvalue weighted by molar-refractivity contribution is -0.113. The Hall–Kier alpha value is -1.66. The van der Waals surface area contributed by atoms with Gasteiger partial charge in [-0.2, -0.15) is 0 Å². The van der Waals surface area contributed by atoms with E-state index in [0.717, 1.165) is 5.56 Å². The number of thioether (sulfide) groups is 1. The highest BCUT2D eigenvalue weighted by molar-refractivity contribution is 9.10. The highest BCUT2D eigenvalue weighted by Crippen LogP contribution is 2.23. The van der Waals surface area contributed by atoms with Crippen molar-refractivity contribution in [2.45, 2.75) is 12.7 Å². The van der Waals surface area contributed by atoms with Crippen LogP contribution in [0, 0.1) is 5.82 Å². The van der Waals surface area contributed by atoms with Crippen molar-refractivity contribution in [3.63, 3.8) is 0 Å². The fourth-order valence-electron chi connectivity index (χ4n) is 1.91. The number of Topliss-reactive ketones (excluding diaryl/α,β-unsaturated/α-hetero) is 1. The van der Waals surface area contributed by atoms with Crippen molar-refractivity contribution in [3.8, 4) is 0 Å². The fraction of sp³-hybridized carbons (Fsp3) is 0.176. The van der Waals surface area contributed by atoms with Gasteiger partial charge in [-0.15, -0.1) is 11.8 Å². The van der Waals surface area contributed by atoms with E-state index in [-0.39, 0.29) is 23.3 Å². The number of hydrogen-bond donors (Lipinski definition) is 1. The number of anilines is 1. The van der Waals surface area contributed by atoms with E-state index < -0.39 is 0 Å². The second kappa shape index (κ2) is 8.26. The molecule has 23 heavy (non-hydrogen) atoms. The molecule has 0 fully saturated rings. The van der Waals surface area contributed by atoms with Crippen molar-refractivity contribution in [2.24, 2.45) is 0 Å². The Kier molecular flexibility index (Phi) is 6.36. The molecule has 0 heterocycles. The first-order valence-electron chi connectivity index (χ1n) is 6.88. The van der Waals surface area contributed by atoms with E-state index in [9.17, 15) is 14.0 Å². The van der Waals surface area contributed by atoms with Gasteiger partial charge >= 0.3 is 0 Å². The number of amides is 1. The Bertz CT molecular complexity index is 736. The summed E-state index contributed by atoms with van der Waals surface area (Å²) in [6.07, 6.45) is 0. The lowest BCUT2D eigenvalue weighted by Gasteiger charge is -2.07. The van der Waals surface area contributed by atoms with Gasteiger partial charge in [0.05, 0.1) is 5.75 Å². The second-order valence-corrected chi connectivity index (χ2v) is 6.75. The molecule has 1 N–H and O–H groups in total. The minimum atomic E-state index is -0.297. The molecule has 0 bridgehead atoms. The normalized spacial score (nSPS) is 10.4. The monoisotopic (exact) mass is 395 g/mol. The number of hydrogen-bond acceptors (Lipinski definition) is 3. The highest BCUT2D eigenvalue weighted by atomic mass is 79.9. The van der Waals surface area contributed by atoms with Gasteiger partial charge in [-0.05, 0) is 36.8 Å². The molecule has 0 aromatic heterocycles. The summed E-state index contributed by atoms with van der Waals surface area (Å²) >= 11 is 4.74. The van der Waals surface area contributed by atoms with Gasteiger partial charge in [-0.3, -0.25) is 9.59 Å². The maximum Gasteiger partial charge on any atom is 0.234 e. The molecule has 3 nitrogen and oxygen atoms in total. The summed E-state index contributed by atoms with van der Waals surface area (Å²) in [5.41, 5.74) is 2.10. The molecular formula is C17H15BrFNO2S. The third-order valence-corrected chi connectivity index (χ3v) is 4.78. The molecule has 6 heteroatoms. The SMILES string of the molecule is CC(=O)c1cccc(NC(=O)CSCc2ccc(F)cc2Br)c1. The number of nitrogens with one attached hydrogen (secondary N) is 1. The summed E-state index contributed by atoms with van der Waals surface area (Å²) in [4.78, 5) is 23.3. The van der Waals surface area contributed by atoms with Gasteiger partial charge in [0, 0.05) is 21.5 Å². The maximum atomic E-state index is 13.0. The Labute approximate surface area is 146 Å². The molecule has 0 saturated heterocycles. The molecular weight excluding hydrogens is 381 g/mol. The van der Waals surface area contributed by atoms with Crippen LogP contribution in [0.15, 0.2) is 46.9 Å². The van der Waals surface area contributed by atoms with Crippen molar-refractivity contribution in [1.29, 1.82) is 0 Å². The van der Waals surface area contributed by atoms with Gasteiger partial charge in [0.15, 0.2) is 5.78 Å². The molecule has 2 aromatic rings. The summed E-state index contributed by atoms with van der Waals surface area (Å²) in [6, 6.07) is 11.3. The zero-order chi connectivity index (χ0) is 16.8. The molecule has 0 aliphatic carbocycles. The van der Waals surface area contributed by atoms with Crippen LogP contribution >= 0.6 is 27.7 Å². The largest absolute Gasteiger partial charge is 0.325 e. The summed E-state index contributed by atoms with van der Waals surface area (Å²) in [5, 5.41) is 2.76. The minimum Gasteiger partial charge on any atom is -0.325 e. The molecule has 120 valence electrons. The molecule has 0 spiro atoms. The van der Waals surface area contributed by atoms with Crippen molar-refractivity contribution in [3.05, 3.63) is 63.9 Å². The van der Waals surface area contributed by atoms with Crippen molar-refractivity contribution >= 4 is 45.1 Å². The van der Waals surface area contributed by atoms with E-state index >= 15 is 0 Å². The maximum absolute atomic E-state index is 13.0. The third-order valence-electron chi connectivity index (χ3n) is 3.06. The van der Waals surface area contributed by atoms with Crippen LogP contribution in [-0.2, 0) is 10.5 Å². The Balaban J connectivity index is 1.85. The minimum absolute atomic E-state index is 0.0448. The number of benzene rings is 2. The molecule has 2 rings (SSSR count). The first-order chi connectivity index (χ1) is 11.0. The lowest BCUT2D eigenvalue weighted by atomic mass is 10.1. The first-order valence-corrected chi connectivity index (χ1v) is 8.83. The van der Waals surface area contributed by atoms with Crippen molar-refractivity contribution in [1.82, 2.24) is 0 Å². The Morgan fingerprint density at radius 2 is 2.00 bits per heavy atom. The van der Waals surface area contributed by atoms with Gasteiger partial charge in [-0.25, -0.2) is 4.39 Å².